The predicted molar refractivity (Wildman–Crippen MR) is 87.2 cm³/mol. The van der Waals surface area contributed by atoms with Gasteiger partial charge in [0, 0.05) is 10.0 Å². The highest BCUT2D eigenvalue weighted by atomic mass is 79.9. The van der Waals surface area contributed by atoms with Gasteiger partial charge in [0.15, 0.2) is 6.61 Å². The second-order valence-electron chi connectivity index (χ2n) is 4.54. The fourth-order valence-electron chi connectivity index (χ4n) is 1.87. The molecule has 0 aliphatic heterocycles. The van der Waals surface area contributed by atoms with E-state index in [4.69, 9.17) is 9.84 Å². The normalized spacial score (nSPS) is 10.9. The molecular formula is C17H11BrFNO3. The second kappa shape index (κ2) is 7.56. The van der Waals surface area contributed by atoms with E-state index in [1.165, 1.54) is 24.3 Å². The molecule has 0 aromatic heterocycles. The molecule has 0 aliphatic carbocycles. The van der Waals surface area contributed by atoms with Crippen molar-refractivity contribution in [2.75, 3.05) is 6.61 Å². The standard InChI is InChI=1S/C17H11BrFNO3/c18-14-3-6-16(23-10-17(21)22)12(8-14)7-13(9-20)11-1-4-15(19)5-2-11/h1-8H,10H2,(H,21,22)/b13-7-. The van der Waals surface area contributed by atoms with Crippen molar-refractivity contribution in [1.29, 1.82) is 5.26 Å². The molecule has 6 heteroatoms. The Morgan fingerprint density at radius 1 is 1.30 bits per heavy atom. The number of hydrogen-bond acceptors (Lipinski definition) is 3. The molecule has 0 bridgehead atoms. The van der Waals surface area contributed by atoms with Gasteiger partial charge in [0.05, 0.1) is 11.6 Å². The third-order valence-corrected chi connectivity index (χ3v) is 3.39. The summed E-state index contributed by atoms with van der Waals surface area (Å²) >= 11 is 3.32. The summed E-state index contributed by atoms with van der Waals surface area (Å²) in [5.74, 6) is -1.15. The van der Waals surface area contributed by atoms with Gasteiger partial charge in [-0.2, -0.15) is 5.26 Å². The molecule has 2 rings (SSSR count). The average Bonchev–Trinajstić information content (AvgIpc) is 2.52. The molecular weight excluding hydrogens is 365 g/mol. The zero-order chi connectivity index (χ0) is 16.8. The minimum atomic E-state index is -1.10. The van der Waals surface area contributed by atoms with Crippen LogP contribution in [0.5, 0.6) is 5.75 Å². The first-order valence-electron chi connectivity index (χ1n) is 6.51. The van der Waals surface area contributed by atoms with E-state index in [1.807, 2.05) is 6.07 Å². The number of hydrogen-bond donors (Lipinski definition) is 1. The summed E-state index contributed by atoms with van der Waals surface area (Å²) in [6.45, 7) is -0.485. The highest BCUT2D eigenvalue weighted by Crippen LogP contribution is 2.28. The number of allylic oxidation sites excluding steroid dienone is 1. The number of ether oxygens (including phenoxy) is 1. The van der Waals surface area contributed by atoms with E-state index in [2.05, 4.69) is 15.9 Å². The summed E-state index contributed by atoms with van der Waals surface area (Å²) in [7, 11) is 0. The number of nitriles is 1. The molecule has 23 heavy (non-hydrogen) atoms. The van der Waals surface area contributed by atoms with E-state index in [0.29, 0.717) is 22.4 Å². The summed E-state index contributed by atoms with van der Waals surface area (Å²) in [5.41, 5.74) is 1.41. The first kappa shape index (κ1) is 16.7. The quantitative estimate of drug-likeness (QED) is 0.630. The van der Waals surface area contributed by atoms with Crippen LogP contribution in [0.1, 0.15) is 11.1 Å². The monoisotopic (exact) mass is 375 g/mol. The number of carboxylic acids is 1. The van der Waals surface area contributed by atoms with Crippen molar-refractivity contribution in [3.8, 4) is 11.8 Å². The van der Waals surface area contributed by atoms with Crippen LogP contribution in [0.2, 0.25) is 0 Å². The van der Waals surface area contributed by atoms with Crippen molar-refractivity contribution in [3.05, 3.63) is 63.9 Å². The Kier molecular flexibility index (Phi) is 5.50. The molecule has 2 aromatic rings. The highest BCUT2D eigenvalue weighted by Gasteiger charge is 2.08. The lowest BCUT2D eigenvalue weighted by Gasteiger charge is -2.08. The van der Waals surface area contributed by atoms with Crippen LogP contribution in [-0.2, 0) is 4.79 Å². The average molecular weight is 376 g/mol. The molecule has 0 aliphatic rings. The van der Waals surface area contributed by atoms with Crippen molar-refractivity contribution < 1.29 is 19.0 Å². The molecule has 0 fully saturated rings. The van der Waals surface area contributed by atoms with Crippen LogP contribution >= 0.6 is 15.9 Å². The van der Waals surface area contributed by atoms with Crippen LogP contribution in [0, 0.1) is 17.1 Å². The minimum Gasteiger partial charge on any atom is -0.481 e. The fourth-order valence-corrected chi connectivity index (χ4v) is 2.25. The molecule has 0 saturated heterocycles. The molecule has 116 valence electrons. The van der Waals surface area contributed by atoms with E-state index in [0.717, 1.165) is 4.47 Å². The van der Waals surface area contributed by atoms with Crippen LogP contribution in [0.3, 0.4) is 0 Å². The van der Waals surface area contributed by atoms with Gasteiger partial charge in [-0.05, 0) is 42.0 Å². The van der Waals surface area contributed by atoms with Gasteiger partial charge in [-0.15, -0.1) is 0 Å². The van der Waals surface area contributed by atoms with Crippen molar-refractivity contribution in [3.63, 3.8) is 0 Å². The van der Waals surface area contributed by atoms with Crippen molar-refractivity contribution in [1.82, 2.24) is 0 Å². The lowest BCUT2D eigenvalue weighted by atomic mass is 10.0. The summed E-state index contributed by atoms with van der Waals surface area (Å²) < 4.78 is 19.0. The van der Waals surface area contributed by atoms with Crippen LogP contribution < -0.4 is 4.74 Å². The van der Waals surface area contributed by atoms with Gasteiger partial charge >= 0.3 is 5.97 Å². The molecule has 0 unspecified atom stereocenters. The third kappa shape index (κ3) is 4.66. The molecule has 0 spiro atoms. The van der Waals surface area contributed by atoms with E-state index in [-0.39, 0.29) is 5.82 Å². The number of rotatable bonds is 5. The summed E-state index contributed by atoms with van der Waals surface area (Å²) in [4.78, 5) is 10.6. The van der Waals surface area contributed by atoms with E-state index in [9.17, 15) is 14.4 Å². The fraction of sp³-hybridized carbons (Fsp3) is 0.0588. The lowest BCUT2D eigenvalue weighted by molar-refractivity contribution is -0.139. The molecule has 0 heterocycles. The molecule has 0 saturated carbocycles. The van der Waals surface area contributed by atoms with Crippen LogP contribution in [-0.4, -0.2) is 17.7 Å². The Morgan fingerprint density at radius 2 is 2.00 bits per heavy atom. The van der Waals surface area contributed by atoms with Gasteiger partial charge in [-0.1, -0.05) is 28.1 Å². The smallest absolute Gasteiger partial charge is 0.341 e. The molecule has 0 amide bonds. The largest absolute Gasteiger partial charge is 0.481 e. The summed E-state index contributed by atoms with van der Waals surface area (Å²) in [6.07, 6.45) is 1.56. The van der Waals surface area contributed by atoms with Crippen LogP contribution in [0.15, 0.2) is 46.9 Å². The first-order valence-corrected chi connectivity index (χ1v) is 7.31. The maximum absolute atomic E-state index is 13.0. The minimum absolute atomic E-state index is 0.309. The number of halogens is 2. The van der Waals surface area contributed by atoms with Crippen LogP contribution in [0.4, 0.5) is 4.39 Å². The second-order valence-corrected chi connectivity index (χ2v) is 5.46. The van der Waals surface area contributed by atoms with Crippen LogP contribution in [0.25, 0.3) is 11.6 Å². The molecule has 2 aromatic carbocycles. The number of nitrogens with zero attached hydrogens (tertiary/aromatic N) is 1. The number of carbonyl (C=O) groups is 1. The Morgan fingerprint density at radius 3 is 2.61 bits per heavy atom. The zero-order valence-corrected chi connectivity index (χ0v) is 13.4. The number of benzene rings is 2. The maximum Gasteiger partial charge on any atom is 0.341 e. The van der Waals surface area contributed by atoms with E-state index < -0.39 is 12.6 Å². The number of aliphatic carboxylic acids is 1. The van der Waals surface area contributed by atoms with E-state index >= 15 is 0 Å². The van der Waals surface area contributed by atoms with Gasteiger partial charge in [0.2, 0.25) is 0 Å². The van der Waals surface area contributed by atoms with Gasteiger partial charge in [-0.25, -0.2) is 9.18 Å². The Bertz CT molecular complexity index is 794. The maximum atomic E-state index is 13.0. The Balaban J connectivity index is 2.42. The predicted octanol–water partition coefficient (Wildman–Crippen LogP) is 4.12. The topological polar surface area (TPSA) is 70.3 Å². The van der Waals surface area contributed by atoms with Crippen molar-refractivity contribution >= 4 is 33.5 Å². The van der Waals surface area contributed by atoms with Gasteiger partial charge in [0.25, 0.3) is 0 Å². The molecule has 4 nitrogen and oxygen atoms in total. The molecule has 0 atom stereocenters. The van der Waals surface area contributed by atoms with Crippen molar-refractivity contribution in [2.45, 2.75) is 0 Å². The van der Waals surface area contributed by atoms with Crippen molar-refractivity contribution in [2.24, 2.45) is 0 Å². The van der Waals surface area contributed by atoms with E-state index in [1.54, 1.807) is 24.3 Å². The van der Waals surface area contributed by atoms with Gasteiger partial charge < -0.3 is 9.84 Å². The summed E-state index contributed by atoms with van der Waals surface area (Å²) in [6, 6.07) is 12.6. The van der Waals surface area contributed by atoms with Gasteiger partial charge in [-0.3, -0.25) is 0 Å². The Labute approximate surface area is 140 Å². The SMILES string of the molecule is N#C/C(=C/c1cc(Br)ccc1OCC(=O)O)c1ccc(F)cc1. The highest BCUT2D eigenvalue weighted by molar-refractivity contribution is 9.10. The molecule has 1 N–H and O–H groups in total. The third-order valence-electron chi connectivity index (χ3n) is 2.90. The molecule has 0 radical (unpaired) electrons. The Hall–Kier alpha value is -2.65. The first-order chi connectivity index (χ1) is 11.0. The van der Waals surface area contributed by atoms with Gasteiger partial charge in [0.1, 0.15) is 11.6 Å². The summed E-state index contributed by atoms with van der Waals surface area (Å²) in [5, 5.41) is 18.0. The lowest BCUT2D eigenvalue weighted by Crippen LogP contribution is -2.10. The zero-order valence-electron chi connectivity index (χ0n) is 11.8. The number of carboxylic acid groups (broad SMARTS) is 1.